The molecule has 0 aliphatic heterocycles. The van der Waals surface area contributed by atoms with E-state index < -0.39 is 46.1 Å². The van der Waals surface area contributed by atoms with Crippen molar-refractivity contribution in [1.29, 1.82) is 0 Å². The van der Waals surface area contributed by atoms with Crippen LogP contribution in [-0.4, -0.2) is 44.3 Å². The van der Waals surface area contributed by atoms with Crippen LogP contribution in [0.1, 0.15) is 41.4 Å². The smallest absolute Gasteiger partial charge is 0.337 e. The van der Waals surface area contributed by atoms with E-state index in [2.05, 4.69) is 0 Å². The lowest BCUT2D eigenvalue weighted by molar-refractivity contribution is 0.0648. The summed E-state index contributed by atoms with van der Waals surface area (Å²) in [5.74, 6) is -5.79. The summed E-state index contributed by atoms with van der Waals surface area (Å²) in [6.45, 7) is 0. The summed E-state index contributed by atoms with van der Waals surface area (Å²) < 4.78 is 5.18. The average Bonchev–Trinajstić information content (AvgIpc) is 2.60. The van der Waals surface area contributed by atoms with E-state index in [1.165, 1.54) is 24.3 Å². The van der Waals surface area contributed by atoms with Crippen molar-refractivity contribution in [2.24, 2.45) is 0 Å². The van der Waals surface area contributed by atoms with Crippen LogP contribution in [0.15, 0.2) is 46.2 Å². The molecule has 4 N–H and O–H groups in total. The van der Waals surface area contributed by atoms with Crippen LogP contribution in [0.4, 0.5) is 0 Å². The van der Waals surface area contributed by atoms with Gasteiger partial charge < -0.3 is 20.4 Å². The van der Waals surface area contributed by atoms with Crippen molar-refractivity contribution >= 4 is 48.0 Å². The van der Waals surface area contributed by atoms with Gasteiger partial charge in [-0.1, -0.05) is 12.1 Å². The molecular formula is C16H10O9S2. The Balaban J connectivity index is 2.28. The quantitative estimate of drug-likeness (QED) is 0.473. The van der Waals surface area contributed by atoms with E-state index in [9.17, 15) is 29.4 Å². The fourth-order valence-corrected chi connectivity index (χ4v) is 3.64. The predicted molar refractivity (Wildman–Crippen MR) is 93.5 cm³/mol. The van der Waals surface area contributed by atoms with Crippen molar-refractivity contribution in [2.45, 2.75) is 9.79 Å². The SMILES string of the molecule is O=C(O)c1cccc(SOSc2cccc(C(=O)O)c2C(=O)O)c1C(=O)O. The molecule has 0 saturated heterocycles. The van der Waals surface area contributed by atoms with Crippen LogP contribution in [0.5, 0.6) is 0 Å². The Morgan fingerprint density at radius 2 is 1.00 bits per heavy atom. The fourth-order valence-electron chi connectivity index (χ4n) is 2.09. The summed E-state index contributed by atoms with van der Waals surface area (Å²) in [6, 6.07) is 7.57. The first-order valence-electron chi connectivity index (χ1n) is 6.94. The van der Waals surface area contributed by atoms with E-state index in [4.69, 9.17) is 13.8 Å². The van der Waals surface area contributed by atoms with Gasteiger partial charge in [-0.05, 0) is 24.3 Å². The van der Waals surface area contributed by atoms with Crippen LogP contribution in [-0.2, 0) is 3.63 Å². The van der Waals surface area contributed by atoms with Crippen molar-refractivity contribution in [2.75, 3.05) is 0 Å². The Kier molecular flexibility index (Phi) is 6.45. The fraction of sp³-hybridized carbons (Fsp3) is 0. The van der Waals surface area contributed by atoms with E-state index >= 15 is 0 Å². The maximum atomic E-state index is 11.4. The zero-order valence-corrected chi connectivity index (χ0v) is 14.7. The first-order valence-corrected chi connectivity index (χ1v) is 8.42. The molecule has 0 atom stereocenters. The highest BCUT2D eigenvalue weighted by atomic mass is 32.2. The highest BCUT2D eigenvalue weighted by molar-refractivity contribution is 8.08. The number of aromatic carboxylic acids is 4. The molecule has 0 spiro atoms. The van der Waals surface area contributed by atoms with Gasteiger partial charge in [-0.25, -0.2) is 22.8 Å². The molecule has 0 radical (unpaired) electrons. The van der Waals surface area contributed by atoms with Gasteiger partial charge in [0.2, 0.25) is 0 Å². The van der Waals surface area contributed by atoms with E-state index in [1.807, 2.05) is 0 Å². The number of hydrogen-bond acceptors (Lipinski definition) is 7. The molecule has 0 unspecified atom stereocenters. The second kappa shape index (κ2) is 8.58. The number of carboxylic acids is 4. The van der Waals surface area contributed by atoms with E-state index in [1.54, 1.807) is 0 Å². The van der Waals surface area contributed by atoms with Gasteiger partial charge in [0.05, 0.1) is 32.0 Å². The summed E-state index contributed by atoms with van der Waals surface area (Å²) in [6.07, 6.45) is 0. The largest absolute Gasteiger partial charge is 0.478 e. The molecule has 0 aliphatic carbocycles. The molecule has 0 aliphatic rings. The van der Waals surface area contributed by atoms with E-state index in [0.717, 1.165) is 12.1 Å². The summed E-state index contributed by atoms with van der Waals surface area (Å²) in [5.41, 5.74) is -1.82. The van der Waals surface area contributed by atoms with Gasteiger partial charge in [0.25, 0.3) is 0 Å². The van der Waals surface area contributed by atoms with Gasteiger partial charge in [0, 0.05) is 24.1 Å². The molecule has 0 bridgehead atoms. The zero-order chi connectivity index (χ0) is 20.1. The van der Waals surface area contributed by atoms with Gasteiger partial charge in [0.15, 0.2) is 0 Å². The third-order valence-electron chi connectivity index (χ3n) is 3.19. The van der Waals surface area contributed by atoms with Gasteiger partial charge in [-0.15, -0.1) is 0 Å². The molecular weight excluding hydrogens is 400 g/mol. The van der Waals surface area contributed by atoms with Crippen molar-refractivity contribution < 1.29 is 43.2 Å². The molecule has 0 heterocycles. The topological polar surface area (TPSA) is 158 Å². The molecule has 27 heavy (non-hydrogen) atoms. The summed E-state index contributed by atoms with van der Waals surface area (Å²) in [7, 11) is 0. The standard InChI is InChI=1S/C16H10O9S2/c17-13(18)7-3-1-5-9(11(7)15(21)22)26-25-27-10-6-2-4-8(14(19)20)12(10)16(23)24/h1-6H,(H,17,18)(H,19,20)(H,21,22)(H,23,24). The molecule has 2 rings (SSSR count). The Labute approximate surface area is 160 Å². The lowest BCUT2D eigenvalue weighted by atomic mass is 10.1. The predicted octanol–water partition coefficient (Wildman–Crippen LogP) is 3.21. The minimum atomic E-state index is -1.47. The Hall–Kier alpha value is -3.02. The van der Waals surface area contributed by atoms with Crippen LogP contribution in [0, 0.1) is 0 Å². The molecule has 0 aromatic heterocycles. The maximum Gasteiger partial charge on any atom is 0.337 e. The van der Waals surface area contributed by atoms with Crippen LogP contribution in [0.25, 0.3) is 0 Å². The Bertz CT molecular complexity index is 864. The molecule has 9 nitrogen and oxygen atoms in total. The number of carboxylic acid groups (broad SMARTS) is 4. The molecule has 2 aromatic carbocycles. The molecule has 11 heteroatoms. The zero-order valence-electron chi connectivity index (χ0n) is 13.1. The highest BCUT2D eigenvalue weighted by Crippen LogP contribution is 2.35. The summed E-state index contributed by atoms with van der Waals surface area (Å²) in [4.78, 5) is 45.0. The molecule has 140 valence electrons. The molecule has 0 saturated carbocycles. The highest BCUT2D eigenvalue weighted by Gasteiger charge is 2.23. The number of rotatable bonds is 8. The summed E-state index contributed by atoms with van der Waals surface area (Å²) in [5, 5.41) is 36.7. The Morgan fingerprint density at radius 1 is 0.630 bits per heavy atom. The second-order valence-corrected chi connectivity index (χ2v) is 6.57. The number of carbonyl (C=O) groups is 4. The van der Waals surface area contributed by atoms with Gasteiger partial charge >= 0.3 is 23.9 Å². The third-order valence-corrected chi connectivity index (χ3v) is 4.77. The minimum absolute atomic E-state index is 0.0128. The van der Waals surface area contributed by atoms with Crippen LogP contribution in [0.3, 0.4) is 0 Å². The molecule has 2 aromatic rings. The number of benzene rings is 2. The Morgan fingerprint density at radius 3 is 1.30 bits per heavy atom. The number of hydrogen-bond donors (Lipinski definition) is 4. The maximum absolute atomic E-state index is 11.4. The molecule has 0 fully saturated rings. The van der Waals surface area contributed by atoms with Gasteiger partial charge in [-0.3, -0.25) is 0 Å². The first-order chi connectivity index (χ1) is 12.7. The van der Waals surface area contributed by atoms with E-state index in [0.29, 0.717) is 24.1 Å². The van der Waals surface area contributed by atoms with E-state index in [-0.39, 0.29) is 9.79 Å². The van der Waals surface area contributed by atoms with Crippen LogP contribution in [0.2, 0.25) is 0 Å². The second-order valence-electron chi connectivity index (χ2n) is 4.81. The summed E-state index contributed by atoms with van der Waals surface area (Å²) >= 11 is 1.03. The van der Waals surface area contributed by atoms with Gasteiger partial charge in [0.1, 0.15) is 0 Å². The van der Waals surface area contributed by atoms with Crippen LogP contribution < -0.4 is 0 Å². The lowest BCUT2D eigenvalue weighted by Crippen LogP contribution is -2.10. The van der Waals surface area contributed by atoms with Crippen molar-refractivity contribution in [3.63, 3.8) is 0 Å². The molecule has 0 amide bonds. The first kappa shape index (κ1) is 20.3. The minimum Gasteiger partial charge on any atom is -0.478 e. The average molecular weight is 410 g/mol. The normalized spacial score (nSPS) is 10.4. The monoisotopic (exact) mass is 410 g/mol. The van der Waals surface area contributed by atoms with Crippen molar-refractivity contribution in [3.8, 4) is 0 Å². The van der Waals surface area contributed by atoms with Crippen molar-refractivity contribution in [3.05, 3.63) is 58.7 Å². The van der Waals surface area contributed by atoms with Crippen molar-refractivity contribution in [1.82, 2.24) is 0 Å². The lowest BCUT2D eigenvalue weighted by Gasteiger charge is -2.10. The van der Waals surface area contributed by atoms with Gasteiger partial charge in [-0.2, -0.15) is 0 Å². The van der Waals surface area contributed by atoms with Crippen LogP contribution >= 0.6 is 24.1 Å². The third kappa shape index (κ3) is 4.58.